The van der Waals surface area contributed by atoms with Crippen molar-refractivity contribution in [1.29, 1.82) is 0 Å². The summed E-state index contributed by atoms with van der Waals surface area (Å²) in [4.78, 5) is 18.1. The molecule has 1 aromatic heterocycles. The molecule has 1 aliphatic heterocycles. The number of carbonyl (C=O) groups is 1. The zero-order valence-electron chi connectivity index (χ0n) is 11.6. The third-order valence-electron chi connectivity index (χ3n) is 3.23. The Hall–Kier alpha value is -1.23. The maximum Gasteiger partial charge on any atom is 0.232 e. The van der Waals surface area contributed by atoms with Crippen molar-refractivity contribution < 1.29 is 9.32 Å². The van der Waals surface area contributed by atoms with Crippen molar-refractivity contribution in [2.24, 2.45) is 5.92 Å². The molecule has 0 radical (unpaired) electrons. The molecular weight excluding hydrogens is 230 g/mol. The summed E-state index contributed by atoms with van der Waals surface area (Å²) in [5, 5.41) is 4.01. The molecule has 1 fully saturated rings. The molecule has 1 saturated heterocycles. The molecule has 0 amide bonds. The van der Waals surface area contributed by atoms with Gasteiger partial charge < -0.3 is 4.52 Å². The van der Waals surface area contributed by atoms with Gasteiger partial charge >= 0.3 is 0 Å². The number of piperidine rings is 1. The van der Waals surface area contributed by atoms with E-state index in [1.54, 1.807) is 0 Å². The van der Waals surface area contributed by atoms with Gasteiger partial charge in [0, 0.05) is 30.8 Å². The molecule has 0 spiro atoms. The molecule has 0 aromatic carbocycles. The first kappa shape index (κ1) is 13.2. The van der Waals surface area contributed by atoms with Crippen molar-refractivity contribution in [3.05, 3.63) is 11.7 Å². The number of likely N-dealkylation sites (tertiary alicyclic amines) is 1. The first-order chi connectivity index (χ1) is 8.36. The lowest BCUT2D eigenvalue weighted by Crippen LogP contribution is -2.39. The van der Waals surface area contributed by atoms with Crippen LogP contribution in [0.3, 0.4) is 0 Å². The Balaban J connectivity index is 1.98. The second-order valence-electron chi connectivity index (χ2n) is 6.12. The molecule has 0 unspecified atom stereocenters. The van der Waals surface area contributed by atoms with Gasteiger partial charge in [0.2, 0.25) is 5.89 Å². The minimum absolute atomic E-state index is 0.115. The SMILES string of the molecule is C[C@H]1CN(Cc2noc(C(C)(C)C)n2)CCC1=O. The highest BCUT2D eigenvalue weighted by molar-refractivity contribution is 5.81. The van der Waals surface area contributed by atoms with Gasteiger partial charge in [-0.15, -0.1) is 0 Å². The van der Waals surface area contributed by atoms with Crippen LogP contribution in [0, 0.1) is 5.92 Å². The van der Waals surface area contributed by atoms with E-state index >= 15 is 0 Å². The van der Waals surface area contributed by atoms with Gasteiger partial charge in [-0.1, -0.05) is 32.9 Å². The lowest BCUT2D eigenvalue weighted by Gasteiger charge is -2.28. The Kier molecular flexibility index (Phi) is 3.52. The van der Waals surface area contributed by atoms with E-state index in [0.717, 1.165) is 13.1 Å². The molecule has 1 aromatic rings. The first-order valence-electron chi connectivity index (χ1n) is 6.44. The Morgan fingerprint density at radius 1 is 1.44 bits per heavy atom. The molecule has 0 saturated carbocycles. The fourth-order valence-electron chi connectivity index (χ4n) is 2.06. The zero-order valence-corrected chi connectivity index (χ0v) is 11.6. The van der Waals surface area contributed by atoms with Crippen molar-refractivity contribution in [1.82, 2.24) is 15.0 Å². The molecule has 1 aliphatic rings. The highest BCUT2D eigenvalue weighted by Gasteiger charge is 2.26. The second-order valence-corrected chi connectivity index (χ2v) is 6.12. The monoisotopic (exact) mass is 251 g/mol. The van der Waals surface area contributed by atoms with Gasteiger partial charge in [0.05, 0.1) is 6.54 Å². The molecule has 2 heterocycles. The third-order valence-corrected chi connectivity index (χ3v) is 3.23. The topological polar surface area (TPSA) is 59.2 Å². The summed E-state index contributed by atoms with van der Waals surface area (Å²) >= 11 is 0. The van der Waals surface area contributed by atoms with Gasteiger partial charge in [-0.25, -0.2) is 0 Å². The fourth-order valence-corrected chi connectivity index (χ4v) is 2.06. The van der Waals surface area contributed by atoms with Crippen molar-refractivity contribution in [3.8, 4) is 0 Å². The van der Waals surface area contributed by atoms with Crippen LogP contribution in [0.1, 0.15) is 45.8 Å². The van der Waals surface area contributed by atoms with Crippen molar-refractivity contribution in [3.63, 3.8) is 0 Å². The van der Waals surface area contributed by atoms with E-state index in [2.05, 4.69) is 15.0 Å². The van der Waals surface area contributed by atoms with Gasteiger partial charge in [0.1, 0.15) is 5.78 Å². The minimum atomic E-state index is -0.115. The van der Waals surface area contributed by atoms with Crippen LogP contribution in [0.2, 0.25) is 0 Å². The van der Waals surface area contributed by atoms with E-state index < -0.39 is 0 Å². The van der Waals surface area contributed by atoms with E-state index in [0.29, 0.717) is 30.5 Å². The largest absolute Gasteiger partial charge is 0.339 e. The van der Waals surface area contributed by atoms with Gasteiger partial charge in [-0.3, -0.25) is 9.69 Å². The molecule has 2 rings (SSSR count). The van der Waals surface area contributed by atoms with Crippen LogP contribution in [0.5, 0.6) is 0 Å². The number of Topliss-reactive ketones (excluding diaryl/α,β-unsaturated/α-hetero) is 1. The number of ketones is 1. The minimum Gasteiger partial charge on any atom is -0.339 e. The molecule has 18 heavy (non-hydrogen) atoms. The van der Waals surface area contributed by atoms with E-state index in [-0.39, 0.29) is 11.3 Å². The summed E-state index contributed by atoms with van der Waals surface area (Å²) in [6.07, 6.45) is 0.630. The predicted octanol–water partition coefficient (Wildman–Crippen LogP) is 1.78. The van der Waals surface area contributed by atoms with Gasteiger partial charge in [-0.05, 0) is 0 Å². The lowest BCUT2D eigenvalue weighted by atomic mass is 9.97. The highest BCUT2D eigenvalue weighted by Crippen LogP contribution is 2.20. The van der Waals surface area contributed by atoms with Gasteiger partial charge in [0.25, 0.3) is 0 Å². The van der Waals surface area contributed by atoms with Crippen LogP contribution >= 0.6 is 0 Å². The Bertz CT molecular complexity index is 434. The normalized spacial score (nSPS) is 22.4. The first-order valence-corrected chi connectivity index (χ1v) is 6.44. The molecular formula is C13H21N3O2. The van der Waals surface area contributed by atoms with Crippen LogP contribution in [0.25, 0.3) is 0 Å². The summed E-state index contributed by atoms with van der Waals surface area (Å²) in [7, 11) is 0. The Morgan fingerprint density at radius 3 is 2.72 bits per heavy atom. The van der Waals surface area contributed by atoms with Crippen LogP contribution in [-0.4, -0.2) is 33.9 Å². The van der Waals surface area contributed by atoms with Crippen LogP contribution in [0.4, 0.5) is 0 Å². The quantitative estimate of drug-likeness (QED) is 0.802. The number of carbonyl (C=O) groups excluding carboxylic acids is 1. The number of hydrogen-bond acceptors (Lipinski definition) is 5. The average molecular weight is 251 g/mol. The van der Waals surface area contributed by atoms with Crippen molar-refractivity contribution in [2.45, 2.75) is 46.1 Å². The van der Waals surface area contributed by atoms with E-state index in [4.69, 9.17) is 4.52 Å². The van der Waals surface area contributed by atoms with Crippen molar-refractivity contribution in [2.75, 3.05) is 13.1 Å². The predicted molar refractivity (Wildman–Crippen MR) is 67.1 cm³/mol. The maximum atomic E-state index is 11.5. The number of aromatic nitrogens is 2. The van der Waals surface area contributed by atoms with Gasteiger partial charge in [-0.2, -0.15) is 4.98 Å². The fraction of sp³-hybridized carbons (Fsp3) is 0.769. The Labute approximate surface area is 108 Å². The lowest BCUT2D eigenvalue weighted by molar-refractivity contribution is -0.125. The highest BCUT2D eigenvalue weighted by atomic mass is 16.5. The number of nitrogens with zero attached hydrogens (tertiary/aromatic N) is 3. The molecule has 1 atom stereocenters. The number of hydrogen-bond donors (Lipinski definition) is 0. The van der Waals surface area contributed by atoms with E-state index in [1.165, 1.54) is 0 Å². The molecule has 100 valence electrons. The number of rotatable bonds is 2. The van der Waals surface area contributed by atoms with Crippen LogP contribution in [-0.2, 0) is 16.8 Å². The van der Waals surface area contributed by atoms with Crippen LogP contribution < -0.4 is 0 Å². The molecule has 0 aliphatic carbocycles. The summed E-state index contributed by atoms with van der Waals surface area (Å²) in [6, 6.07) is 0. The standard InChI is InChI=1S/C13H21N3O2/c1-9-7-16(6-5-10(9)17)8-11-14-12(18-15-11)13(2,3)4/h9H,5-8H2,1-4H3/t9-/m0/s1. The third kappa shape index (κ3) is 2.96. The molecule has 5 nitrogen and oxygen atoms in total. The van der Waals surface area contributed by atoms with Crippen LogP contribution in [0.15, 0.2) is 4.52 Å². The summed E-state index contributed by atoms with van der Waals surface area (Å²) in [5.74, 6) is 1.85. The molecule has 0 N–H and O–H groups in total. The second kappa shape index (κ2) is 4.80. The van der Waals surface area contributed by atoms with E-state index in [9.17, 15) is 4.79 Å². The molecule has 5 heteroatoms. The molecule has 0 bridgehead atoms. The maximum absolute atomic E-state index is 11.5. The van der Waals surface area contributed by atoms with E-state index in [1.807, 2.05) is 27.7 Å². The average Bonchev–Trinajstić information content (AvgIpc) is 2.72. The Morgan fingerprint density at radius 2 is 2.17 bits per heavy atom. The van der Waals surface area contributed by atoms with Gasteiger partial charge in [0.15, 0.2) is 5.82 Å². The summed E-state index contributed by atoms with van der Waals surface area (Å²) in [6.45, 7) is 10.4. The zero-order chi connectivity index (χ0) is 13.3. The summed E-state index contributed by atoms with van der Waals surface area (Å²) in [5.41, 5.74) is -0.115. The summed E-state index contributed by atoms with van der Waals surface area (Å²) < 4.78 is 5.26. The van der Waals surface area contributed by atoms with Crippen molar-refractivity contribution >= 4 is 5.78 Å². The smallest absolute Gasteiger partial charge is 0.232 e.